The van der Waals surface area contributed by atoms with Gasteiger partial charge in [0.05, 0.1) is 19.6 Å². The van der Waals surface area contributed by atoms with Crippen LogP contribution in [0.25, 0.3) is 0 Å². The van der Waals surface area contributed by atoms with Gasteiger partial charge in [0.15, 0.2) is 0 Å². The zero-order chi connectivity index (χ0) is 28.2. The molecule has 0 bridgehead atoms. The van der Waals surface area contributed by atoms with Crippen LogP contribution in [0.5, 0.6) is 0 Å². The Morgan fingerprint density at radius 3 is 0.897 bits per heavy atom. The van der Waals surface area contributed by atoms with Gasteiger partial charge in [-0.15, -0.1) is 0 Å². The number of nitrogens with zero attached hydrogens (tertiary/aromatic N) is 1. The molecule has 0 spiro atoms. The Bertz CT molecular complexity index is 421. The van der Waals surface area contributed by atoms with Gasteiger partial charge in [-0.25, -0.2) is 0 Å². The Kier molecular flexibility index (Phi) is 31.7. The van der Waals surface area contributed by atoms with Crippen LogP contribution in [-0.4, -0.2) is 52.6 Å². The van der Waals surface area contributed by atoms with E-state index in [4.69, 9.17) is 13.3 Å². The molecule has 0 radical (unpaired) electrons. The predicted octanol–water partition coefficient (Wildman–Crippen LogP) is 7.60. The van der Waals surface area contributed by atoms with E-state index in [9.17, 15) is 0 Å². The standard InChI is InChI=1S/C30H66NO3Si.C3H6.ClH/c1-7-13-16-19-22-25-28-31(29-26-23-20-17-14-8-2,30-27-24-21-18-15-9-3)35(32-10-4,33-11-5)34-12-6;1-2-3-1;/h7-30H2,1-6H3;1-3H2;1H/q+1;;/p-1. The van der Waals surface area contributed by atoms with Crippen molar-refractivity contribution in [3.8, 4) is 0 Å². The monoisotopic (exact) mass is 593 g/mol. The highest BCUT2D eigenvalue weighted by Gasteiger charge is 2.64. The summed E-state index contributed by atoms with van der Waals surface area (Å²) in [6.07, 6.45) is 28.5. The molecular formula is C33H72ClNO3Si. The van der Waals surface area contributed by atoms with Gasteiger partial charge >= 0.3 is 8.97 Å². The van der Waals surface area contributed by atoms with E-state index in [1.54, 1.807) is 0 Å². The highest BCUT2D eigenvalue weighted by molar-refractivity contribution is 6.52. The third-order valence-corrected chi connectivity index (χ3v) is 11.5. The molecule has 0 atom stereocenters. The van der Waals surface area contributed by atoms with E-state index >= 15 is 0 Å². The normalized spacial score (nSPS) is 13.1. The maximum atomic E-state index is 6.63. The van der Waals surface area contributed by atoms with E-state index in [0.717, 1.165) is 23.8 Å². The lowest BCUT2D eigenvalue weighted by Crippen LogP contribution is -3.00. The first-order valence-corrected chi connectivity index (χ1v) is 19.1. The average molecular weight is 594 g/mol. The van der Waals surface area contributed by atoms with Crippen LogP contribution in [0.4, 0.5) is 0 Å². The van der Waals surface area contributed by atoms with Crippen LogP contribution in [0.15, 0.2) is 0 Å². The van der Waals surface area contributed by atoms with Crippen LogP contribution in [0, 0.1) is 0 Å². The van der Waals surface area contributed by atoms with Crippen LogP contribution < -0.4 is 12.4 Å². The molecule has 1 rings (SSSR count). The molecule has 0 N–H and O–H groups in total. The largest absolute Gasteiger partial charge is 1.00 e. The molecule has 4 nitrogen and oxygen atoms in total. The van der Waals surface area contributed by atoms with Crippen molar-refractivity contribution in [1.82, 2.24) is 0 Å². The van der Waals surface area contributed by atoms with Crippen molar-refractivity contribution in [3.05, 3.63) is 0 Å². The average Bonchev–Trinajstić information content (AvgIpc) is 3.80. The molecule has 0 heterocycles. The van der Waals surface area contributed by atoms with Gasteiger partial charge in [-0.2, -0.15) is 0 Å². The van der Waals surface area contributed by atoms with E-state index in [0.29, 0.717) is 19.8 Å². The molecule has 0 unspecified atom stereocenters. The Morgan fingerprint density at radius 2 is 0.667 bits per heavy atom. The van der Waals surface area contributed by atoms with E-state index in [-0.39, 0.29) is 12.4 Å². The number of hydrogen-bond acceptors (Lipinski definition) is 3. The highest BCUT2D eigenvalue weighted by atomic mass is 35.5. The van der Waals surface area contributed by atoms with Crippen molar-refractivity contribution in [2.24, 2.45) is 0 Å². The second-order valence-corrected chi connectivity index (χ2v) is 14.4. The molecule has 1 fully saturated rings. The summed E-state index contributed by atoms with van der Waals surface area (Å²) in [5.74, 6) is 0. The molecule has 1 aliphatic rings. The van der Waals surface area contributed by atoms with Crippen molar-refractivity contribution in [2.75, 3.05) is 39.5 Å². The van der Waals surface area contributed by atoms with E-state index in [2.05, 4.69) is 41.5 Å². The minimum Gasteiger partial charge on any atom is -1.00 e. The van der Waals surface area contributed by atoms with Crippen molar-refractivity contribution in [1.29, 1.82) is 0 Å². The number of hydrogen-bond donors (Lipinski definition) is 0. The van der Waals surface area contributed by atoms with Crippen LogP contribution in [0.3, 0.4) is 0 Å². The zero-order valence-corrected chi connectivity index (χ0v) is 29.4. The molecule has 0 amide bonds. The van der Waals surface area contributed by atoms with E-state index < -0.39 is 8.97 Å². The molecule has 1 aliphatic carbocycles. The number of unbranched alkanes of at least 4 members (excludes halogenated alkanes) is 15. The number of quaternary nitrogens is 1. The van der Waals surface area contributed by atoms with Gasteiger partial charge in [0.2, 0.25) is 0 Å². The molecule has 1 saturated carbocycles. The van der Waals surface area contributed by atoms with Crippen LogP contribution in [0.2, 0.25) is 0 Å². The van der Waals surface area contributed by atoms with Crippen molar-refractivity contribution in [3.63, 3.8) is 0 Å². The minimum absolute atomic E-state index is 0. The topological polar surface area (TPSA) is 27.7 Å². The van der Waals surface area contributed by atoms with Crippen LogP contribution in [0.1, 0.15) is 176 Å². The molecular weight excluding hydrogens is 522 g/mol. The fraction of sp³-hybridized carbons (Fsp3) is 1.00. The molecule has 0 aromatic heterocycles. The predicted molar refractivity (Wildman–Crippen MR) is 169 cm³/mol. The van der Waals surface area contributed by atoms with Crippen molar-refractivity contribution < 1.29 is 29.8 Å². The van der Waals surface area contributed by atoms with Gasteiger partial charge < -0.3 is 29.8 Å². The molecule has 238 valence electrons. The zero-order valence-electron chi connectivity index (χ0n) is 27.6. The lowest BCUT2D eigenvalue weighted by Gasteiger charge is -2.47. The number of rotatable bonds is 28. The lowest BCUT2D eigenvalue weighted by molar-refractivity contribution is -0.861. The van der Waals surface area contributed by atoms with Crippen LogP contribution >= 0.6 is 0 Å². The summed E-state index contributed by atoms with van der Waals surface area (Å²) < 4.78 is 20.8. The summed E-state index contributed by atoms with van der Waals surface area (Å²) in [6, 6.07) is 0. The molecule has 0 saturated heterocycles. The van der Waals surface area contributed by atoms with Gasteiger partial charge in [-0.1, -0.05) is 117 Å². The van der Waals surface area contributed by atoms with E-state index in [1.165, 1.54) is 135 Å². The smallest absolute Gasteiger partial charge is 0.784 e. The summed E-state index contributed by atoms with van der Waals surface area (Å²) in [4.78, 5) is 0. The Hall–Kier alpha value is 0.347. The second kappa shape index (κ2) is 29.8. The summed E-state index contributed by atoms with van der Waals surface area (Å²) in [6.45, 7) is 18.8. The van der Waals surface area contributed by atoms with Crippen molar-refractivity contribution in [2.45, 2.75) is 176 Å². The SMILES string of the molecule is C1CC1.CCCCCCCC[N+](CCCCCCCC)(CCCCCCCC)[Si](OCC)(OCC)OCC.[Cl-]. The quantitative estimate of drug-likeness (QED) is 0.0690. The fourth-order valence-electron chi connectivity index (χ4n) is 5.41. The lowest BCUT2D eigenvalue weighted by atomic mass is 10.1. The van der Waals surface area contributed by atoms with Gasteiger partial charge in [0.1, 0.15) is 0 Å². The second-order valence-electron chi connectivity index (χ2n) is 11.5. The van der Waals surface area contributed by atoms with Gasteiger partial charge in [-0.05, 0) is 59.3 Å². The molecule has 0 aromatic rings. The summed E-state index contributed by atoms with van der Waals surface area (Å²) in [5, 5.41) is 0. The van der Waals surface area contributed by atoms with Gasteiger partial charge in [-0.3, -0.25) is 0 Å². The summed E-state index contributed by atoms with van der Waals surface area (Å²) >= 11 is 0. The number of halogens is 1. The van der Waals surface area contributed by atoms with Crippen molar-refractivity contribution >= 4 is 8.97 Å². The Balaban J connectivity index is 0. The summed E-state index contributed by atoms with van der Waals surface area (Å²) in [7, 11) is -2.86. The minimum atomic E-state index is -2.86. The van der Waals surface area contributed by atoms with E-state index in [1.807, 2.05) is 0 Å². The molecule has 39 heavy (non-hydrogen) atoms. The first kappa shape index (κ1) is 41.5. The third-order valence-electron chi connectivity index (χ3n) is 7.73. The first-order chi connectivity index (χ1) is 18.6. The molecule has 6 heteroatoms. The Morgan fingerprint density at radius 1 is 0.410 bits per heavy atom. The van der Waals surface area contributed by atoms with Gasteiger partial charge in [0, 0.05) is 19.8 Å². The molecule has 0 aromatic carbocycles. The Labute approximate surface area is 254 Å². The maximum absolute atomic E-state index is 6.63. The van der Waals surface area contributed by atoms with Gasteiger partial charge in [0.25, 0.3) is 0 Å². The first-order valence-electron chi connectivity index (χ1n) is 17.4. The third kappa shape index (κ3) is 20.8. The van der Waals surface area contributed by atoms with Crippen LogP contribution in [-0.2, 0) is 13.3 Å². The summed E-state index contributed by atoms with van der Waals surface area (Å²) in [5.41, 5.74) is 0. The maximum Gasteiger partial charge on any atom is 0.784 e. The highest BCUT2D eigenvalue weighted by Crippen LogP contribution is 2.30. The fourth-order valence-corrected chi connectivity index (χ4v) is 8.88. The molecule has 0 aliphatic heterocycles.